The molecule has 130 valence electrons. The molecule has 0 aliphatic heterocycles. The van der Waals surface area contributed by atoms with E-state index < -0.39 is 5.91 Å². The molecule has 7 nitrogen and oxygen atoms in total. The van der Waals surface area contributed by atoms with Crippen LogP contribution in [0, 0.1) is 13.8 Å². The van der Waals surface area contributed by atoms with Crippen LogP contribution >= 0.6 is 22.9 Å². The minimum absolute atomic E-state index is 0.261. The second kappa shape index (κ2) is 6.15. The minimum atomic E-state index is -0.593. The molecule has 0 bridgehead atoms. The summed E-state index contributed by atoms with van der Waals surface area (Å²) in [6.07, 6.45) is 5.35. The molecule has 0 atom stereocenters. The van der Waals surface area contributed by atoms with Crippen LogP contribution in [0.3, 0.4) is 0 Å². The number of nitrogens with two attached hydrogens (primary N) is 1. The average molecular weight is 385 g/mol. The van der Waals surface area contributed by atoms with Crippen LogP contribution in [-0.4, -0.2) is 30.4 Å². The first-order valence-electron chi connectivity index (χ1n) is 7.67. The number of carbonyl (C=O) groups excluding carboxylic acids is 1. The summed E-state index contributed by atoms with van der Waals surface area (Å²) >= 11 is 7.26. The molecule has 0 saturated carbocycles. The van der Waals surface area contributed by atoms with Crippen LogP contribution in [0.2, 0.25) is 5.15 Å². The van der Waals surface area contributed by atoms with E-state index in [1.165, 1.54) is 11.3 Å². The van der Waals surface area contributed by atoms with Gasteiger partial charge in [-0.2, -0.15) is 0 Å². The number of nitrogens with zero attached hydrogens (tertiary/aromatic N) is 5. The summed E-state index contributed by atoms with van der Waals surface area (Å²) in [7, 11) is 0. The SMILES string of the molecule is Cc1nc(-c2nc(Cl)cs2)nc(-n2cc(C)c3ccncc32)c1C(N)=O. The van der Waals surface area contributed by atoms with E-state index in [1.54, 1.807) is 24.7 Å². The highest BCUT2D eigenvalue weighted by molar-refractivity contribution is 7.13. The normalized spacial score (nSPS) is 11.2. The van der Waals surface area contributed by atoms with Crippen LogP contribution in [0.4, 0.5) is 0 Å². The number of carbonyl (C=O) groups is 1. The predicted molar refractivity (Wildman–Crippen MR) is 101 cm³/mol. The number of halogens is 1. The monoisotopic (exact) mass is 384 g/mol. The highest BCUT2D eigenvalue weighted by Gasteiger charge is 2.21. The van der Waals surface area contributed by atoms with Gasteiger partial charge in [-0.1, -0.05) is 11.6 Å². The Bertz CT molecular complexity index is 1170. The Morgan fingerprint density at radius 2 is 2.08 bits per heavy atom. The van der Waals surface area contributed by atoms with Crippen molar-refractivity contribution in [3.05, 3.63) is 52.0 Å². The fourth-order valence-electron chi connectivity index (χ4n) is 2.89. The summed E-state index contributed by atoms with van der Waals surface area (Å²) in [5.74, 6) is 0.199. The van der Waals surface area contributed by atoms with Gasteiger partial charge >= 0.3 is 0 Å². The van der Waals surface area contributed by atoms with E-state index in [9.17, 15) is 4.79 Å². The van der Waals surface area contributed by atoms with Gasteiger partial charge < -0.3 is 5.73 Å². The van der Waals surface area contributed by atoms with Gasteiger partial charge in [0.25, 0.3) is 5.91 Å². The van der Waals surface area contributed by atoms with E-state index >= 15 is 0 Å². The van der Waals surface area contributed by atoms with Crippen LogP contribution in [0.5, 0.6) is 0 Å². The first-order valence-corrected chi connectivity index (χ1v) is 8.93. The number of fused-ring (bicyclic) bond motifs is 1. The van der Waals surface area contributed by atoms with Crippen molar-refractivity contribution >= 4 is 39.7 Å². The zero-order valence-electron chi connectivity index (χ0n) is 13.9. The maximum Gasteiger partial charge on any atom is 0.254 e. The third-order valence-corrected chi connectivity index (χ3v) is 5.18. The Kier molecular flexibility index (Phi) is 3.93. The molecule has 0 spiro atoms. The quantitative estimate of drug-likeness (QED) is 0.584. The van der Waals surface area contributed by atoms with Crippen LogP contribution < -0.4 is 5.73 Å². The smallest absolute Gasteiger partial charge is 0.254 e. The number of pyridine rings is 1. The number of rotatable bonds is 3. The third kappa shape index (κ3) is 2.63. The molecule has 0 unspecified atom stereocenters. The molecule has 4 aromatic rings. The van der Waals surface area contributed by atoms with Gasteiger partial charge in [0.2, 0.25) is 0 Å². The summed E-state index contributed by atoms with van der Waals surface area (Å²) in [6, 6.07) is 1.92. The lowest BCUT2D eigenvalue weighted by molar-refractivity contribution is 0.0999. The van der Waals surface area contributed by atoms with Crippen molar-refractivity contribution < 1.29 is 4.79 Å². The van der Waals surface area contributed by atoms with Crippen molar-refractivity contribution in [2.24, 2.45) is 5.73 Å². The summed E-state index contributed by atoms with van der Waals surface area (Å²) in [6.45, 7) is 3.71. The van der Waals surface area contributed by atoms with Crippen molar-refractivity contribution in [3.63, 3.8) is 0 Å². The van der Waals surface area contributed by atoms with Crippen molar-refractivity contribution in [3.8, 4) is 16.6 Å². The lowest BCUT2D eigenvalue weighted by atomic mass is 10.2. The number of hydrogen-bond donors (Lipinski definition) is 1. The van der Waals surface area contributed by atoms with E-state index in [2.05, 4.69) is 19.9 Å². The maximum atomic E-state index is 12.1. The van der Waals surface area contributed by atoms with Gasteiger partial charge in [0, 0.05) is 23.2 Å². The van der Waals surface area contributed by atoms with Gasteiger partial charge in [-0.25, -0.2) is 15.0 Å². The van der Waals surface area contributed by atoms with Gasteiger partial charge in [-0.3, -0.25) is 14.3 Å². The largest absolute Gasteiger partial charge is 0.365 e. The van der Waals surface area contributed by atoms with Crippen LogP contribution in [0.25, 0.3) is 27.6 Å². The van der Waals surface area contributed by atoms with Crippen molar-refractivity contribution in [1.82, 2.24) is 24.5 Å². The number of hydrogen-bond acceptors (Lipinski definition) is 6. The van der Waals surface area contributed by atoms with E-state index in [0.29, 0.717) is 27.5 Å². The zero-order chi connectivity index (χ0) is 18.4. The van der Waals surface area contributed by atoms with E-state index in [1.807, 2.05) is 23.8 Å². The highest BCUT2D eigenvalue weighted by Crippen LogP contribution is 2.29. The molecule has 4 aromatic heterocycles. The van der Waals surface area contributed by atoms with Crippen molar-refractivity contribution in [1.29, 1.82) is 0 Å². The molecule has 0 fully saturated rings. The van der Waals surface area contributed by atoms with Crippen LogP contribution in [0.1, 0.15) is 21.6 Å². The lowest BCUT2D eigenvalue weighted by Gasteiger charge is -2.12. The van der Waals surface area contributed by atoms with Gasteiger partial charge in [0.15, 0.2) is 16.6 Å². The topological polar surface area (TPSA) is 99.6 Å². The maximum absolute atomic E-state index is 12.1. The fraction of sp³-hybridized carbons (Fsp3) is 0.118. The standard InChI is InChI=1S/C17H13ClN6OS/c1-8-6-24(11-5-20-4-3-10(8)11)16-13(14(19)25)9(2)21-15(23-16)17-22-12(18)7-26-17/h3-7H,1-2H3,(H2,19,25). The first kappa shape index (κ1) is 16.6. The van der Waals surface area contributed by atoms with Gasteiger partial charge in [-0.15, -0.1) is 11.3 Å². The van der Waals surface area contributed by atoms with Gasteiger partial charge in [0.1, 0.15) is 10.7 Å². The predicted octanol–water partition coefficient (Wildman–Crippen LogP) is 3.31. The molecular formula is C17H13ClN6OS. The molecule has 2 N–H and O–H groups in total. The number of amides is 1. The summed E-state index contributed by atoms with van der Waals surface area (Å²) < 4.78 is 1.81. The number of primary amides is 1. The average Bonchev–Trinajstić information content (AvgIpc) is 3.18. The zero-order valence-corrected chi connectivity index (χ0v) is 15.5. The molecule has 0 saturated heterocycles. The van der Waals surface area contributed by atoms with E-state index in [4.69, 9.17) is 17.3 Å². The molecular weight excluding hydrogens is 372 g/mol. The number of aryl methyl sites for hydroxylation is 2. The molecule has 0 aliphatic carbocycles. The molecule has 9 heteroatoms. The van der Waals surface area contributed by atoms with E-state index in [0.717, 1.165) is 16.5 Å². The molecule has 0 aliphatic rings. The summed E-state index contributed by atoms with van der Waals surface area (Å²) in [4.78, 5) is 29.5. The Labute approximate surface area is 157 Å². The lowest BCUT2D eigenvalue weighted by Crippen LogP contribution is -2.19. The van der Waals surface area contributed by atoms with Crippen LogP contribution in [0.15, 0.2) is 30.0 Å². The molecule has 0 aromatic carbocycles. The summed E-state index contributed by atoms with van der Waals surface area (Å²) in [5, 5.41) is 3.67. The minimum Gasteiger partial charge on any atom is -0.365 e. The Hall–Kier alpha value is -2.84. The third-order valence-electron chi connectivity index (χ3n) is 4.02. The second-order valence-electron chi connectivity index (χ2n) is 5.75. The molecule has 0 radical (unpaired) electrons. The highest BCUT2D eigenvalue weighted by atomic mass is 35.5. The number of thiazole rings is 1. The second-order valence-corrected chi connectivity index (χ2v) is 6.99. The summed E-state index contributed by atoms with van der Waals surface area (Å²) in [5.41, 5.74) is 8.22. The molecule has 26 heavy (non-hydrogen) atoms. The van der Waals surface area contributed by atoms with Crippen molar-refractivity contribution in [2.45, 2.75) is 13.8 Å². The van der Waals surface area contributed by atoms with Crippen LogP contribution in [-0.2, 0) is 0 Å². The fourth-order valence-corrected chi connectivity index (χ4v) is 3.77. The Balaban J connectivity index is 2.05. The van der Waals surface area contributed by atoms with Crippen molar-refractivity contribution in [2.75, 3.05) is 0 Å². The number of aromatic nitrogens is 5. The molecule has 4 rings (SSSR count). The van der Waals surface area contributed by atoms with Gasteiger partial charge in [0.05, 0.1) is 17.4 Å². The molecule has 1 amide bonds. The van der Waals surface area contributed by atoms with Gasteiger partial charge in [-0.05, 0) is 25.5 Å². The Morgan fingerprint density at radius 3 is 2.77 bits per heavy atom. The van der Waals surface area contributed by atoms with E-state index in [-0.39, 0.29) is 5.56 Å². The Morgan fingerprint density at radius 1 is 1.27 bits per heavy atom. The molecule has 4 heterocycles. The first-order chi connectivity index (χ1) is 12.5.